The van der Waals surface area contributed by atoms with E-state index in [2.05, 4.69) is 31.8 Å². The van der Waals surface area contributed by atoms with Crippen molar-refractivity contribution in [1.29, 1.82) is 0 Å². The Morgan fingerprint density at radius 2 is 1.88 bits per heavy atom. The van der Waals surface area contributed by atoms with Crippen LogP contribution in [0.1, 0.15) is 11.1 Å². The average molecular weight is 420 g/mol. The minimum Gasteiger partial charge on any atom is -0.493 e. The number of para-hydroxylation sites is 1. The molecule has 0 atom stereocenters. The summed E-state index contributed by atoms with van der Waals surface area (Å²) < 4.78 is 12.2. The zero-order chi connectivity index (χ0) is 18.9. The smallest absolute Gasteiger partial charge is 0.329 e. The van der Waals surface area contributed by atoms with Gasteiger partial charge in [-0.15, -0.1) is 0 Å². The second-order valence-corrected chi connectivity index (χ2v) is 5.99. The minimum atomic E-state index is -0.857. The Hall–Kier alpha value is -2.87. The molecule has 0 fully saturated rings. The average Bonchev–Trinajstić information content (AvgIpc) is 2.67. The number of carbonyl (C=O) groups excluding carboxylic acids is 2. The fraction of sp³-hybridized carbons (Fsp3) is 0.167. The highest BCUT2D eigenvalue weighted by Crippen LogP contribution is 2.30. The molecule has 0 saturated carbocycles. The molecule has 7 nitrogen and oxygen atoms in total. The van der Waals surface area contributed by atoms with E-state index in [1.165, 1.54) is 20.4 Å². The third-order valence-corrected chi connectivity index (χ3v) is 3.86. The Labute approximate surface area is 159 Å². The lowest BCUT2D eigenvalue weighted by Crippen LogP contribution is -2.35. The standard InChI is InChI=1S/C18H18BrN3O4/c1-20-17(23)18(24)22-21-10-13-4-3-5-15(25-2)16(13)26-11-12-6-8-14(19)9-7-12/h3-10H,11H2,1-2H3,(H,20,23)(H,22,24)/b21-10-. The highest BCUT2D eigenvalue weighted by molar-refractivity contribution is 9.10. The molecule has 0 radical (unpaired) electrons. The van der Waals surface area contributed by atoms with Crippen molar-refractivity contribution in [2.24, 2.45) is 5.10 Å². The van der Waals surface area contributed by atoms with Crippen LogP contribution in [-0.2, 0) is 16.2 Å². The summed E-state index contributed by atoms with van der Waals surface area (Å²) in [6.07, 6.45) is 1.39. The largest absolute Gasteiger partial charge is 0.493 e. The molecule has 0 aromatic heterocycles. The number of carbonyl (C=O) groups is 2. The summed E-state index contributed by atoms with van der Waals surface area (Å²) in [7, 11) is 2.90. The number of benzene rings is 2. The van der Waals surface area contributed by atoms with Gasteiger partial charge in [0.15, 0.2) is 11.5 Å². The summed E-state index contributed by atoms with van der Waals surface area (Å²) in [4.78, 5) is 22.6. The first-order chi connectivity index (χ1) is 12.5. The van der Waals surface area contributed by atoms with Crippen molar-refractivity contribution in [2.75, 3.05) is 14.2 Å². The Morgan fingerprint density at radius 3 is 2.54 bits per heavy atom. The molecule has 136 valence electrons. The van der Waals surface area contributed by atoms with Gasteiger partial charge >= 0.3 is 11.8 Å². The number of rotatable bonds is 6. The van der Waals surface area contributed by atoms with Gasteiger partial charge in [0.05, 0.1) is 13.3 Å². The Bertz CT molecular complexity index is 807. The number of nitrogens with zero attached hydrogens (tertiary/aromatic N) is 1. The highest BCUT2D eigenvalue weighted by Gasteiger charge is 2.11. The van der Waals surface area contributed by atoms with Gasteiger partial charge in [-0.05, 0) is 29.8 Å². The zero-order valence-electron chi connectivity index (χ0n) is 14.3. The van der Waals surface area contributed by atoms with Crippen LogP contribution in [0.15, 0.2) is 52.0 Å². The number of methoxy groups -OCH3 is 1. The van der Waals surface area contributed by atoms with Crippen molar-refractivity contribution in [2.45, 2.75) is 6.61 Å². The fourth-order valence-corrected chi connectivity index (χ4v) is 2.27. The van der Waals surface area contributed by atoms with Crippen LogP contribution in [0.5, 0.6) is 11.5 Å². The van der Waals surface area contributed by atoms with Gasteiger partial charge in [-0.25, -0.2) is 5.43 Å². The molecule has 0 heterocycles. The van der Waals surface area contributed by atoms with E-state index in [0.717, 1.165) is 10.0 Å². The van der Waals surface area contributed by atoms with E-state index < -0.39 is 11.8 Å². The molecule has 26 heavy (non-hydrogen) atoms. The van der Waals surface area contributed by atoms with E-state index in [-0.39, 0.29) is 0 Å². The quantitative estimate of drug-likeness (QED) is 0.426. The predicted octanol–water partition coefficient (Wildman–Crippen LogP) is 2.23. The lowest BCUT2D eigenvalue weighted by molar-refractivity contribution is -0.138. The summed E-state index contributed by atoms with van der Waals surface area (Å²) in [5, 5.41) is 6.00. The maximum Gasteiger partial charge on any atom is 0.329 e. The maximum absolute atomic E-state index is 11.4. The monoisotopic (exact) mass is 419 g/mol. The molecular weight excluding hydrogens is 402 g/mol. The number of hydrogen-bond acceptors (Lipinski definition) is 5. The van der Waals surface area contributed by atoms with Crippen LogP contribution in [0.25, 0.3) is 0 Å². The van der Waals surface area contributed by atoms with Gasteiger partial charge < -0.3 is 14.8 Å². The van der Waals surface area contributed by atoms with Crippen LogP contribution in [-0.4, -0.2) is 32.2 Å². The molecule has 0 aliphatic heterocycles. The highest BCUT2D eigenvalue weighted by atomic mass is 79.9. The van der Waals surface area contributed by atoms with Crippen molar-refractivity contribution in [3.05, 3.63) is 58.1 Å². The molecule has 2 aromatic rings. The molecule has 2 rings (SSSR count). The predicted molar refractivity (Wildman–Crippen MR) is 101 cm³/mol. The van der Waals surface area contributed by atoms with Crippen LogP contribution in [0.2, 0.25) is 0 Å². The van der Waals surface area contributed by atoms with Crippen LogP contribution < -0.4 is 20.2 Å². The molecule has 0 unspecified atom stereocenters. The summed E-state index contributed by atoms with van der Waals surface area (Å²) >= 11 is 3.39. The zero-order valence-corrected chi connectivity index (χ0v) is 15.9. The van der Waals surface area contributed by atoms with E-state index >= 15 is 0 Å². The molecule has 2 aromatic carbocycles. The number of hydrazone groups is 1. The number of halogens is 1. The molecule has 0 spiro atoms. The van der Waals surface area contributed by atoms with Crippen LogP contribution in [0.3, 0.4) is 0 Å². The summed E-state index contributed by atoms with van der Waals surface area (Å²) in [6, 6.07) is 13.0. The third-order valence-electron chi connectivity index (χ3n) is 3.33. The van der Waals surface area contributed by atoms with Gasteiger partial charge in [0.25, 0.3) is 0 Å². The van der Waals surface area contributed by atoms with Gasteiger partial charge in [-0.3, -0.25) is 9.59 Å². The van der Waals surface area contributed by atoms with E-state index in [1.54, 1.807) is 18.2 Å². The Morgan fingerprint density at radius 1 is 1.15 bits per heavy atom. The molecule has 0 aliphatic rings. The fourth-order valence-electron chi connectivity index (χ4n) is 2.01. The first-order valence-corrected chi connectivity index (χ1v) is 8.43. The Kier molecular flexibility index (Phi) is 7.16. The first kappa shape index (κ1) is 19.5. The van der Waals surface area contributed by atoms with Crippen molar-refractivity contribution >= 4 is 34.0 Å². The molecule has 2 amide bonds. The lowest BCUT2D eigenvalue weighted by Gasteiger charge is -2.13. The van der Waals surface area contributed by atoms with E-state index in [9.17, 15) is 9.59 Å². The second-order valence-electron chi connectivity index (χ2n) is 5.07. The number of ether oxygens (including phenoxy) is 2. The summed E-state index contributed by atoms with van der Waals surface area (Å²) in [5.74, 6) is -0.622. The molecular formula is C18H18BrN3O4. The van der Waals surface area contributed by atoms with Crippen LogP contribution in [0.4, 0.5) is 0 Å². The van der Waals surface area contributed by atoms with E-state index in [1.807, 2.05) is 24.3 Å². The summed E-state index contributed by atoms with van der Waals surface area (Å²) in [5.41, 5.74) is 3.72. The molecule has 8 heteroatoms. The topological polar surface area (TPSA) is 89.0 Å². The van der Waals surface area contributed by atoms with Gasteiger partial charge in [-0.2, -0.15) is 5.10 Å². The van der Waals surface area contributed by atoms with E-state index in [4.69, 9.17) is 9.47 Å². The van der Waals surface area contributed by atoms with Crippen LogP contribution in [0, 0.1) is 0 Å². The molecule has 0 aliphatic carbocycles. The Balaban J connectivity index is 2.14. The number of hydrogen-bond donors (Lipinski definition) is 2. The van der Waals surface area contributed by atoms with Crippen molar-refractivity contribution in [3.8, 4) is 11.5 Å². The van der Waals surface area contributed by atoms with Gasteiger partial charge in [0.2, 0.25) is 0 Å². The van der Waals surface area contributed by atoms with Gasteiger partial charge in [-0.1, -0.05) is 34.1 Å². The van der Waals surface area contributed by atoms with Gasteiger partial charge in [0.1, 0.15) is 6.61 Å². The molecule has 0 bridgehead atoms. The molecule has 0 saturated heterocycles. The SMILES string of the molecule is CNC(=O)C(=O)N/N=C\c1cccc(OC)c1OCc1ccc(Br)cc1. The lowest BCUT2D eigenvalue weighted by atomic mass is 10.2. The number of amides is 2. The van der Waals surface area contributed by atoms with E-state index in [0.29, 0.717) is 23.7 Å². The van der Waals surface area contributed by atoms with Crippen molar-refractivity contribution < 1.29 is 19.1 Å². The van der Waals surface area contributed by atoms with Crippen molar-refractivity contribution in [3.63, 3.8) is 0 Å². The second kappa shape index (κ2) is 9.57. The normalized spacial score (nSPS) is 10.4. The number of likely N-dealkylation sites (N-methyl/N-ethyl adjacent to an activating group) is 1. The number of nitrogens with one attached hydrogen (secondary N) is 2. The molecule has 2 N–H and O–H groups in total. The first-order valence-electron chi connectivity index (χ1n) is 7.64. The maximum atomic E-state index is 11.4. The summed E-state index contributed by atoms with van der Waals surface area (Å²) in [6.45, 7) is 0.332. The van der Waals surface area contributed by atoms with Crippen molar-refractivity contribution in [1.82, 2.24) is 10.7 Å². The minimum absolute atomic E-state index is 0.332. The van der Waals surface area contributed by atoms with Gasteiger partial charge in [0, 0.05) is 17.1 Å². The third kappa shape index (κ3) is 5.32. The van der Waals surface area contributed by atoms with Crippen LogP contribution >= 0.6 is 15.9 Å².